The first-order chi connectivity index (χ1) is 21.8. The van der Waals surface area contributed by atoms with E-state index in [-0.39, 0.29) is 22.3 Å². The number of fused-ring (bicyclic) bond motifs is 5. The van der Waals surface area contributed by atoms with Crippen LogP contribution in [0.3, 0.4) is 0 Å². The summed E-state index contributed by atoms with van der Waals surface area (Å²) in [5.74, 6) is -0.565. The Kier molecular flexibility index (Phi) is 6.15. The summed E-state index contributed by atoms with van der Waals surface area (Å²) in [6.07, 6.45) is 5.06. The van der Waals surface area contributed by atoms with Gasteiger partial charge in [0.25, 0.3) is 11.5 Å². The molecule has 1 amide bonds. The number of H-pyrrole nitrogens is 1. The molecule has 8 heteroatoms. The second kappa shape index (κ2) is 9.67. The predicted octanol–water partition coefficient (Wildman–Crippen LogP) is 7.67. The molecule has 2 aromatic heterocycles. The number of benzene rings is 3. The van der Waals surface area contributed by atoms with Gasteiger partial charge in [-0.3, -0.25) is 9.59 Å². The van der Waals surface area contributed by atoms with Crippen LogP contribution in [-0.2, 0) is 0 Å². The summed E-state index contributed by atoms with van der Waals surface area (Å²) >= 11 is 0. The molecule has 3 aromatic carbocycles. The zero-order valence-electron chi connectivity index (χ0n) is 26.9. The maximum absolute atomic E-state index is 14.0. The molecular weight excluding hydrogens is 581 g/mol. The normalized spacial score (nSPS) is 28.4. The van der Waals surface area contributed by atoms with Gasteiger partial charge in [-0.05, 0) is 105 Å². The van der Waals surface area contributed by atoms with Crippen LogP contribution in [0.5, 0.6) is 0 Å². The summed E-state index contributed by atoms with van der Waals surface area (Å²) in [4.78, 5) is 32.4. The van der Waals surface area contributed by atoms with E-state index in [0.717, 1.165) is 62.0 Å². The summed E-state index contributed by atoms with van der Waals surface area (Å²) < 4.78 is 20.3. The third kappa shape index (κ3) is 4.48. The molecule has 0 spiro atoms. The van der Waals surface area contributed by atoms with Gasteiger partial charge in [0, 0.05) is 52.3 Å². The average Bonchev–Trinajstić information content (AvgIpc) is 3.34. The summed E-state index contributed by atoms with van der Waals surface area (Å²) in [7, 11) is 0. The van der Waals surface area contributed by atoms with Crippen molar-refractivity contribution in [3.05, 3.63) is 76.3 Å². The van der Waals surface area contributed by atoms with E-state index in [2.05, 4.69) is 42.9 Å². The molecule has 9 rings (SSSR count). The highest BCUT2D eigenvalue weighted by Gasteiger charge is 2.65. The number of amides is 1. The van der Waals surface area contributed by atoms with E-state index in [9.17, 15) is 19.1 Å². The monoisotopic (exact) mass is 621 g/mol. The number of carbonyl (C=O) groups is 1. The van der Waals surface area contributed by atoms with Gasteiger partial charge in [-0.2, -0.15) is 0 Å². The Morgan fingerprint density at radius 2 is 1.70 bits per heavy atom. The number of halogens is 1. The highest BCUT2D eigenvalue weighted by molar-refractivity contribution is 6.15. The van der Waals surface area contributed by atoms with Crippen molar-refractivity contribution in [2.24, 2.45) is 10.8 Å². The molecule has 4 fully saturated rings. The van der Waals surface area contributed by atoms with Gasteiger partial charge in [-0.25, -0.2) is 4.39 Å². The van der Waals surface area contributed by atoms with Crippen molar-refractivity contribution in [1.82, 2.24) is 10.3 Å². The van der Waals surface area contributed by atoms with Crippen molar-refractivity contribution >= 4 is 44.4 Å². The second-order valence-electron chi connectivity index (χ2n) is 15.2. The van der Waals surface area contributed by atoms with Crippen LogP contribution in [0.4, 0.5) is 10.1 Å². The van der Waals surface area contributed by atoms with Gasteiger partial charge in [0.05, 0.1) is 16.5 Å². The fourth-order valence-corrected chi connectivity index (χ4v) is 10.5. The number of aliphatic hydroxyl groups is 1. The standard InChI is InChI=1S/C38H40FN3O4/c1-5-42(6-2)29-15-30-27(31-32(46-30)25-11-10-24(39)13-28(25)40-34(31)44)14-26(29)22-8-7-9-23(12-22)33(43)41-37-17-35(3)16-36(4,18-37)20-38(45,19-35)21-37/h7-15,45H,5-6,16-21H2,1-4H3,(H,40,44)(H,41,43). The fourth-order valence-electron chi connectivity index (χ4n) is 10.5. The van der Waals surface area contributed by atoms with Crippen molar-refractivity contribution in [2.75, 3.05) is 18.0 Å². The highest BCUT2D eigenvalue weighted by atomic mass is 19.1. The van der Waals surface area contributed by atoms with Crippen molar-refractivity contribution in [2.45, 2.75) is 77.4 Å². The van der Waals surface area contributed by atoms with Gasteiger partial charge in [0.2, 0.25) is 0 Å². The Balaban J connectivity index is 1.23. The minimum absolute atomic E-state index is 0.0200. The number of nitrogens with one attached hydrogen (secondary N) is 2. The van der Waals surface area contributed by atoms with Crippen LogP contribution in [0.15, 0.2) is 63.8 Å². The number of hydrogen-bond acceptors (Lipinski definition) is 5. The lowest BCUT2D eigenvalue weighted by Gasteiger charge is -2.68. The molecule has 0 radical (unpaired) electrons. The van der Waals surface area contributed by atoms with E-state index < -0.39 is 17.0 Å². The number of carbonyl (C=O) groups excluding carboxylic acids is 1. The van der Waals surface area contributed by atoms with Crippen LogP contribution < -0.4 is 15.8 Å². The van der Waals surface area contributed by atoms with Crippen molar-refractivity contribution in [3.8, 4) is 11.1 Å². The molecule has 2 atom stereocenters. The predicted molar refractivity (Wildman–Crippen MR) is 180 cm³/mol. The number of hydrogen-bond donors (Lipinski definition) is 3. The molecule has 0 aliphatic heterocycles. The number of nitrogens with zero attached hydrogens (tertiary/aromatic N) is 1. The van der Waals surface area contributed by atoms with Gasteiger partial charge in [0.15, 0.2) is 0 Å². The Hall–Kier alpha value is -4.17. The molecular formula is C38H40FN3O4. The van der Waals surface area contributed by atoms with Crippen molar-refractivity contribution < 1.29 is 18.7 Å². The first kappa shape index (κ1) is 29.2. The van der Waals surface area contributed by atoms with Crippen LogP contribution in [-0.4, -0.2) is 40.2 Å². The number of furan rings is 1. The quantitative estimate of drug-likeness (QED) is 0.181. The van der Waals surface area contributed by atoms with E-state index in [1.165, 1.54) is 12.1 Å². The lowest BCUT2D eigenvalue weighted by molar-refractivity contribution is -0.202. The number of pyridine rings is 1. The Bertz CT molecular complexity index is 2090. The molecule has 7 nitrogen and oxygen atoms in total. The Morgan fingerprint density at radius 3 is 2.39 bits per heavy atom. The number of anilines is 1. The first-order valence-electron chi connectivity index (χ1n) is 16.5. The number of aromatic nitrogens is 1. The average molecular weight is 622 g/mol. The minimum atomic E-state index is -0.730. The molecule has 0 saturated heterocycles. The molecule has 4 bridgehead atoms. The van der Waals surface area contributed by atoms with Crippen LogP contribution >= 0.6 is 0 Å². The maximum Gasteiger partial charge on any atom is 0.260 e. The molecule has 238 valence electrons. The number of rotatable bonds is 6. The van der Waals surface area contributed by atoms with Gasteiger partial charge in [-0.1, -0.05) is 26.0 Å². The summed E-state index contributed by atoms with van der Waals surface area (Å²) in [5, 5.41) is 16.7. The van der Waals surface area contributed by atoms with E-state index in [1.807, 2.05) is 36.4 Å². The lowest BCUT2D eigenvalue weighted by Crippen LogP contribution is -2.70. The van der Waals surface area contributed by atoms with Gasteiger partial charge in [-0.15, -0.1) is 0 Å². The largest absolute Gasteiger partial charge is 0.455 e. The van der Waals surface area contributed by atoms with Crippen LogP contribution in [0, 0.1) is 16.6 Å². The molecule has 2 unspecified atom stereocenters. The fraction of sp³-hybridized carbons (Fsp3) is 0.421. The summed E-state index contributed by atoms with van der Waals surface area (Å²) in [5.41, 5.74) is 3.15. The smallest absolute Gasteiger partial charge is 0.260 e. The summed E-state index contributed by atoms with van der Waals surface area (Å²) in [6, 6.07) is 15.9. The van der Waals surface area contributed by atoms with Crippen LogP contribution in [0.2, 0.25) is 0 Å². The maximum atomic E-state index is 14.0. The minimum Gasteiger partial charge on any atom is -0.455 e. The summed E-state index contributed by atoms with van der Waals surface area (Å²) in [6.45, 7) is 10.2. The van der Waals surface area contributed by atoms with E-state index in [1.54, 1.807) is 6.07 Å². The molecule has 46 heavy (non-hydrogen) atoms. The van der Waals surface area contributed by atoms with Gasteiger partial charge < -0.3 is 24.7 Å². The lowest BCUT2D eigenvalue weighted by atomic mass is 9.41. The molecule has 5 aromatic rings. The van der Waals surface area contributed by atoms with Gasteiger partial charge in [0.1, 0.15) is 17.0 Å². The van der Waals surface area contributed by atoms with E-state index >= 15 is 0 Å². The molecule has 4 aliphatic rings. The number of aromatic amines is 1. The topological polar surface area (TPSA) is 98.6 Å². The molecule has 2 heterocycles. The zero-order chi connectivity index (χ0) is 32.2. The third-order valence-electron chi connectivity index (χ3n) is 11.0. The van der Waals surface area contributed by atoms with Crippen LogP contribution in [0.1, 0.15) is 76.6 Å². The third-order valence-corrected chi connectivity index (χ3v) is 11.0. The molecule has 3 N–H and O–H groups in total. The first-order valence-corrected chi connectivity index (χ1v) is 16.5. The Morgan fingerprint density at radius 1 is 0.957 bits per heavy atom. The van der Waals surface area contributed by atoms with E-state index in [0.29, 0.717) is 44.8 Å². The van der Waals surface area contributed by atoms with E-state index in [4.69, 9.17) is 4.42 Å². The molecule has 4 aliphatic carbocycles. The van der Waals surface area contributed by atoms with Crippen LogP contribution in [0.25, 0.3) is 44.0 Å². The Labute approximate surface area is 266 Å². The molecule has 4 saturated carbocycles. The second-order valence-corrected chi connectivity index (χ2v) is 15.2. The van der Waals surface area contributed by atoms with Gasteiger partial charge >= 0.3 is 0 Å². The zero-order valence-corrected chi connectivity index (χ0v) is 26.9. The van der Waals surface area contributed by atoms with Crippen molar-refractivity contribution in [3.63, 3.8) is 0 Å². The highest BCUT2D eigenvalue weighted by Crippen LogP contribution is 2.67. The SMILES string of the molecule is CCN(CC)c1cc2oc3c4ccc(F)cc4[nH]c(=O)c3c2cc1-c1cccc(C(=O)NC23CC4(C)CC(C)(CC(O)(C4)C2)C3)c1. The van der Waals surface area contributed by atoms with Crippen molar-refractivity contribution in [1.29, 1.82) is 0 Å².